The second-order valence-corrected chi connectivity index (χ2v) is 5.23. The third kappa shape index (κ3) is 5.24. The van der Waals surface area contributed by atoms with Crippen LogP contribution in [0.15, 0.2) is 59.8 Å². The monoisotopic (exact) mass is 326 g/mol. The summed E-state index contributed by atoms with van der Waals surface area (Å²) >= 11 is 0. The maximum Gasteiger partial charge on any atom is 0.303 e. The molecule has 0 saturated heterocycles. The standard InChI is InChI=1S/C18H18N2O4/c21-17(12-13-4-2-1-3-5-13)19-15-8-6-14(7-9-15)16(20-24)10-11-18(22)23/h1-9,24H,10-12H2,(H,19,21)(H,22,23). The van der Waals surface area contributed by atoms with E-state index in [2.05, 4.69) is 10.5 Å². The first kappa shape index (κ1) is 17.2. The Balaban J connectivity index is 1.96. The molecular formula is C18H18N2O4. The SMILES string of the molecule is O=C(O)CCC(=NO)c1ccc(NC(=O)Cc2ccccc2)cc1. The van der Waals surface area contributed by atoms with Crippen LogP contribution in [0, 0.1) is 0 Å². The molecule has 2 aromatic rings. The Morgan fingerprint density at radius 1 is 0.958 bits per heavy atom. The van der Waals surface area contributed by atoms with E-state index in [4.69, 9.17) is 10.3 Å². The molecule has 0 spiro atoms. The number of nitrogens with one attached hydrogen (secondary N) is 1. The predicted octanol–water partition coefficient (Wildman–Crippen LogP) is 2.91. The zero-order valence-electron chi connectivity index (χ0n) is 13.0. The van der Waals surface area contributed by atoms with Gasteiger partial charge in [-0.05, 0) is 23.3 Å². The molecule has 124 valence electrons. The van der Waals surface area contributed by atoms with Crippen LogP contribution in [0.1, 0.15) is 24.0 Å². The molecule has 6 heteroatoms. The summed E-state index contributed by atoms with van der Waals surface area (Å²) in [5.74, 6) is -1.09. The van der Waals surface area contributed by atoms with Crippen LogP contribution >= 0.6 is 0 Å². The van der Waals surface area contributed by atoms with Crippen molar-refractivity contribution in [2.24, 2.45) is 5.16 Å². The minimum atomic E-state index is -0.957. The fourth-order valence-corrected chi connectivity index (χ4v) is 2.21. The Kier molecular flexibility index (Phi) is 6.08. The van der Waals surface area contributed by atoms with Crippen molar-refractivity contribution in [1.29, 1.82) is 0 Å². The van der Waals surface area contributed by atoms with Crippen molar-refractivity contribution >= 4 is 23.3 Å². The van der Waals surface area contributed by atoms with Crippen molar-refractivity contribution in [2.45, 2.75) is 19.3 Å². The fourth-order valence-electron chi connectivity index (χ4n) is 2.21. The number of carbonyl (C=O) groups excluding carboxylic acids is 1. The van der Waals surface area contributed by atoms with E-state index in [-0.39, 0.29) is 25.2 Å². The summed E-state index contributed by atoms with van der Waals surface area (Å²) < 4.78 is 0. The number of carbonyl (C=O) groups is 2. The van der Waals surface area contributed by atoms with E-state index in [9.17, 15) is 9.59 Å². The lowest BCUT2D eigenvalue weighted by atomic mass is 10.1. The summed E-state index contributed by atoms with van der Waals surface area (Å²) in [4.78, 5) is 22.6. The van der Waals surface area contributed by atoms with Crippen LogP contribution in [0.2, 0.25) is 0 Å². The van der Waals surface area contributed by atoms with Crippen LogP contribution in [0.3, 0.4) is 0 Å². The van der Waals surface area contributed by atoms with Gasteiger partial charge in [0.2, 0.25) is 5.91 Å². The number of carboxylic acids is 1. The second-order valence-electron chi connectivity index (χ2n) is 5.23. The van der Waals surface area contributed by atoms with Gasteiger partial charge < -0.3 is 15.6 Å². The molecule has 0 saturated carbocycles. The van der Waals surface area contributed by atoms with E-state index >= 15 is 0 Å². The third-order valence-electron chi connectivity index (χ3n) is 3.41. The summed E-state index contributed by atoms with van der Waals surface area (Å²) in [7, 11) is 0. The van der Waals surface area contributed by atoms with E-state index in [1.807, 2.05) is 30.3 Å². The quantitative estimate of drug-likeness (QED) is 0.414. The normalized spacial score (nSPS) is 11.1. The van der Waals surface area contributed by atoms with Crippen molar-refractivity contribution < 1.29 is 19.9 Å². The largest absolute Gasteiger partial charge is 0.481 e. The first-order valence-electron chi connectivity index (χ1n) is 7.45. The van der Waals surface area contributed by atoms with E-state index in [1.54, 1.807) is 24.3 Å². The van der Waals surface area contributed by atoms with Crippen molar-refractivity contribution in [2.75, 3.05) is 5.32 Å². The van der Waals surface area contributed by atoms with Gasteiger partial charge in [0, 0.05) is 12.1 Å². The Labute approximate surface area is 139 Å². The average Bonchev–Trinajstić information content (AvgIpc) is 2.57. The molecule has 0 atom stereocenters. The summed E-state index contributed by atoms with van der Waals surface area (Å²) in [6.45, 7) is 0. The molecule has 0 radical (unpaired) electrons. The Morgan fingerprint density at radius 3 is 2.21 bits per heavy atom. The smallest absolute Gasteiger partial charge is 0.303 e. The van der Waals surface area contributed by atoms with Gasteiger partial charge >= 0.3 is 5.97 Å². The molecule has 6 nitrogen and oxygen atoms in total. The minimum Gasteiger partial charge on any atom is -0.481 e. The number of benzene rings is 2. The molecule has 0 aliphatic rings. The number of carboxylic acid groups (broad SMARTS) is 1. The molecule has 0 heterocycles. The summed E-state index contributed by atoms with van der Waals surface area (Å²) in [6, 6.07) is 16.1. The summed E-state index contributed by atoms with van der Waals surface area (Å²) in [5, 5.41) is 23.6. The number of amides is 1. The number of anilines is 1. The minimum absolute atomic E-state index is 0.116. The number of aliphatic carboxylic acids is 1. The highest BCUT2D eigenvalue weighted by Gasteiger charge is 2.08. The third-order valence-corrected chi connectivity index (χ3v) is 3.41. The summed E-state index contributed by atoms with van der Waals surface area (Å²) in [6.07, 6.45) is 0.297. The van der Waals surface area contributed by atoms with Crippen LogP contribution in [0.25, 0.3) is 0 Å². The number of nitrogens with zero attached hydrogens (tertiary/aromatic N) is 1. The van der Waals surface area contributed by atoms with Gasteiger partial charge in [-0.3, -0.25) is 9.59 Å². The molecule has 0 fully saturated rings. The first-order chi connectivity index (χ1) is 11.6. The number of oxime groups is 1. The summed E-state index contributed by atoms with van der Waals surface area (Å²) in [5.41, 5.74) is 2.45. The highest BCUT2D eigenvalue weighted by atomic mass is 16.4. The van der Waals surface area contributed by atoms with E-state index in [0.717, 1.165) is 5.56 Å². The van der Waals surface area contributed by atoms with Crippen molar-refractivity contribution in [1.82, 2.24) is 0 Å². The van der Waals surface area contributed by atoms with Gasteiger partial charge in [-0.25, -0.2) is 0 Å². The van der Waals surface area contributed by atoms with Crippen LogP contribution in [0.4, 0.5) is 5.69 Å². The lowest BCUT2D eigenvalue weighted by Gasteiger charge is -2.07. The zero-order chi connectivity index (χ0) is 17.4. The van der Waals surface area contributed by atoms with Gasteiger partial charge in [-0.1, -0.05) is 47.6 Å². The van der Waals surface area contributed by atoms with Gasteiger partial charge in [-0.15, -0.1) is 0 Å². The van der Waals surface area contributed by atoms with Gasteiger partial charge in [0.25, 0.3) is 0 Å². The van der Waals surface area contributed by atoms with E-state index in [1.165, 1.54) is 0 Å². The van der Waals surface area contributed by atoms with Gasteiger partial charge in [0.15, 0.2) is 0 Å². The fraction of sp³-hybridized carbons (Fsp3) is 0.167. The first-order valence-corrected chi connectivity index (χ1v) is 7.45. The molecule has 3 N–H and O–H groups in total. The van der Waals surface area contributed by atoms with Gasteiger partial charge in [0.1, 0.15) is 0 Å². The van der Waals surface area contributed by atoms with Crippen molar-refractivity contribution in [3.8, 4) is 0 Å². The molecular weight excluding hydrogens is 308 g/mol. The second kappa shape index (κ2) is 8.47. The Morgan fingerprint density at radius 2 is 1.62 bits per heavy atom. The molecule has 0 aromatic heterocycles. The number of hydrogen-bond acceptors (Lipinski definition) is 4. The van der Waals surface area contributed by atoms with Crippen LogP contribution < -0.4 is 5.32 Å². The molecule has 0 bridgehead atoms. The topological polar surface area (TPSA) is 99.0 Å². The molecule has 2 aromatic carbocycles. The van der Waals surface area contributed by atoms with E-state index in [0.29, 0.717) is 17.0 Å². The lowest BCUT2D eigenvalue weighted by molar-refractivity contribution is -0.136. The van der Waals surface area contributed by atoms with Gasteiger partial charge in [0.05, 0.1) is 18.6 Å². The molecule has 0 aliphatic heterocycles. The van der Waals surface area contributed by atoms with Crippen LogP contribution in [-0.2, 0) is 16.0 Å². The maximum absolute atomic E-state index is 12.0. The lowest BCUT2D eigenvalue weighted by Crippen LogP contribution is -2.14. The van der Waals surface area contributed by atoms with Crippen LogP contribution in [-0.4, -0.2) is 27.9 Å². The Hall–Kier alpha value is -3.15. The predicted molar refractivity (Wildman–Crippen MR) is 90.4 cm³/mol. The van der Waals surface area contributed by atoms with E-state index < -0.39 is 5.97 Å². The number of rotatable bonds is 7. The number of hydrogen-bond donors (Lipinski definition) is 3. The van der Waals surface area contributed by atoms with Gasteiger partial charge in [-0.2, -0.15) is 0 Å². The van der Waals surface area contributed by atoms with Crippen molar-refractivity contribution in [3.05, 3.63) is 65.7 Å². The average molecular weight is 326 g/mol. The molecule has 2 rings (SSSR count). The molecule has 24 heavy (non-hydrogen) atoms. The van der Waals surface area contributed by atoms with Crippen molar-refractivity contribution in [3.63, 3.8) is 0 Å². The zero-order valence-corrected chi connectivity index (χ0v) is 13.0. The molecule has 1 amide bonds. The highest BCUT2D eigenvalue weighted by Crippen LogP contribution is 2.13. The highest BCUT2D eigenvalue weighted by molar-refractivity contribution is 6.02. The maximum atomic E-state index is 12.0. The van der Waals surface area contributed by atoms with Crippen LogP contribution in [0.5, 0.6) is 0 Å². The Bertz CT molecular complexity index is 724. The molecule has 0 aliphatic carbocycles. The molecule has 0 unspecified atom stereocenters.